The summed E-state index contributed by atoms with van der Waals surface area (Å²) in [5, 5.41) is 0. The van der Waals surface area contributed by atoms with Crippen LogP contribution in [0.1, 0.15) is 16.8 Å². The highest BCUT2D eigenvalue weighted by molar-refractivity contribution is 5.94. The number of piperazine rings is 1. The molecule has 2 N–H and O–H groups in total. The molecule has 7 heteroatoms. The van der Waals surface area contributed by atoms with Gasteiger partial charge in [0.15, 0.2) is 0 Å². The maximum absolute atomic E-state index is 12.8. The highest BCUT2D eigenvalue weighted by atomic mass is 35.5. The van der Waals surface area contributed by atoms with E-state index in [1.165, 1.54) is 24.3 Å². The molecule has 116 valence electrons. The first kappa shape index (κ1) is 17.4. The molecule has 0 radical (unpaired) electrons. The van der Waals surface area contributed by atoms with E-state index in [9.17, 15) is 14.0 Å². The predicted octanol–water partition coefficient (Wildman–Crippen LogP) is 0.881. The fourth-order valence-corrected chi connectivity index (χ4v) is 2.22. The van der Waals surface area contributed by atoms with Crippen LogP contribution in [0.4, 0.5) is 4.39 Å². The SMILES string of the molecule is Cl.NCCC(=O)N1CCN(C(=O)c2ccc(F)cc2)CC1. The summed E-state index contributed by atoms with van der Waals surface area (Å²) >= 11 is 0. The first-order valence-corrected chi connectivity index (χ1v) is 6.64. The lowest BCUT2D eigenvalue weighted by molar-refractivity contribution is -0.132. The zero-order valence-corrected chi connectivity index (χ0v) is 12.4. The third-order valence-corrected chi connectivity index (χ3v) is 3.37. The summed E-state index contributed by atoms with van der Waals surface area (Å²) in [5.41, 5.74) is 5.82. The predicted molar refractivity (Wildman–Crippen MR) is 79.8 cm³/mol. The van der Waals surface area contributed by atoms with Crippen molar-refractivity contribution in [3.8, 4) is 0 Å². The zero-order valence-electron chi connectivity index (χ0n) is 11.6. The molecular formula is C14H19ClFN3O2. The topological polar surface area (TPSA) is 66.6 Å². The number of nitrogens with zero attached hydrogens (tertiary/aromatic N) is 2. The minimum Gasteiger partial charge on any atom is -0.339 e. The van der Waals surface area contributed by atoms with Crippen LogP contribution in [0.5, 0.6) is 0 Å². The van der Waals surface area contributed by atoms with Gasteiger partial charge >= 0.3 is 0 Å². The van der Waals surface area contributed by atoms with Crippen molar-refractivity contribution in [1.29, 1.82) is 0 Å². The Bertz CT molecular complexity index is 487. The van der Waals surface area contributed by atoms with Gasteiger partial charge in [0.05, 0.1) is 0 Å². The molecule has 0 spiro atoms. The molecule has 1 aromatic rings. The molecule has 1 saturated heterocycles. The Morgan fingerprint density at radius 2 is 1.57 bits per heavy atom. The molecule has 2 amide bonds. The van der Waals surface area contributed by atoms with E-state index < -0.39 is 0 Å². The van der Waals surface area contributed by atoms with Crippen LogP contribution in [0.25, 0.3) is 0 Å². The summed E-state index contributed by atoms with van der Waals surface area (Å²) in [5.74, 6) is -0.462. The smallest absolute Gasteiger partial charge is 0.253 e. The molecule has 1 heterocycles. The van der Waals surface area contributed by atoms with Gasteiger partial charge in [-0.05, 0) is 24.3 Å². The molecule has 0 aliphatic carbocycles. The molecule has 2 rings (SSSR count). The van der Waals surface area contributed by atoms with E-state index in [0.717, 1.165) is 0 Å². The largest absolute Gasteiger partial charge is 0.339 e. The third-order valence-electron chi connectivity index (χ3n) is 3.37. The summed E-state index contributed by atoms with van der Waals surface area (Å²) in [6.07, 6.45) is 0.339. The van der Waals surface area contributed by atoms with E-state index >= 15 is 0 Å². The number of hydrogen-bond donors (Lipinski definition) is 1. The summed E-state index contributed by atoms with van der Waals surface area (Å²) < 4.78 is 12.8. The molecule has 0 unspecified atom stereocenters. The first-order chi connectivity index (χ1) is 9.61. The van der Waals surface area contributed by atoms with Gasteiger partial charge in [-0.1, -0.05) is 0 Å². The van der Waals surface area contributed by atoms with Gasteiger partial charge in [-0.3, -0.25) is 9.59 Å². The average molecular weight is 316 g/mol. The fraction of sp³-hybridized carbons (Fsp3) is 0.429. The Balaban J connectivity index is 0.00000220. The van der Waals surface area contributed by atoms with Crippen LogP contribution in [0.3, 0.4) is 0 Å². The van der Waals surface area contributed by atoms with Gasteiger partial charge in [-0.15, -0.1) is 12.4 Å². The van der Waals surface area contributed by atoms with E-state index in [1.807, 2.05) is 0 Å². The molecule has 5 nitrogen and oxygen atoms in total. The Kier molecular flexibility index (Phi) is 6.58. The van der Waals surface area contributed by atoms with Crippen LogP contribution in [-0.4, -0.2) is 54.3 Å². The minimum atomic E-state index is -0.362. The summed E-state index contributed by atoms with van der Waals surface area (Å²) in [6, 6.07) is 5.50. The van der Waals surface area contributed by atoms with Crippen LogP contribution in [-0.2, 0) is 4.79 Å². The number of carbonyl (C=O) groups excluding carboxylic acids is 2. The van der Waals surface area contributed by atoms with E-state index in [2.05, 4.69) is 0 Å². The second-order valence-electron chi connectivity index (χ2n) is 4.72. The Hall–Kier alpha value is -1.66. The van der Waals surface area contributed by atoms with E-state index in [-0.39, 0.29) is 30.0 Å². The number of rotatable bonds is 3. The fourth-order valence-electron chi connectivity index (χ4n) is 2.22. The molecule has 1 aromatic carbocycles. The van der Waals surface area contributed by atoms with Crippen LogP contribution < -0.4 is 5.73 Å². The summed E-state index contributed by atoms with van der Waals surface area (Å²) in [7, 11) is 0. The molecule has 1 fully saturated rings. The lowest BCUT2D eigenvalue weighted by atomic mass is 10.1. The third kappa shape index (κ3) is 4.41. The van der Waals surface area contributed by atoms with Gasteiger partial charge in [0.25, 0.3) is 5.91 Å². The maximum atomic E-state index is 12.8. The Morgan fingerprint density at radius 3 is 2.10 bits per heavy atom. The molecular weight excluding hydrogens is 297 g/mol. The molecule has 1 aliphatic rings. The second-order valence-corrected chi connectivity index (χ2v) is 4.72. The monoisotopic (exact) mass is 315 g/mol. The Morgan fingerprint density at radius 1 is 1.05 bits per heavy atom. The standard InChI is InChI=1S/C14H18FN3O2.ClH/c15-12-3-1-11(2-4-12)14(20)18-9-7-17(8-10-18)13(19)5-6-16;/h1-4H,5-10,16H2;1H. The highest BCUT2D eigenvalue weighted by Gasteiger charge is 2.24. The Labute approximate surface area is 129 Å². The number of halogens is 2. The number of carbonyl (C=O) groups is 2. The number of benzene rings is 1. The second kappa shape index (κ2) is 7.95. The van der Waals surface area contributed by atoms with Crippen molar-refractivity contribution in [3.05, 3.63) is 35.6 Å². The van der Waals surface area contributed by atoms with E-state index in [0.29, 0.717) is 44.7 Å². The number of amides is 2. The van der Waals surface area contributed by atoms with E-state index in [4.69, 9.17) is 5.73 Å². The van der Waals surface area contributed by atoms with E-state index in [1.54, 1.807) is 9.80 Å². The zero-order chi connectivity index (χ0) is 14.5. The first-order valence-electron chi connectivity index (χ1n) is 6.64. The van der Waals surface area contributed by atoms with Crippen LogP contribution in [0.15, 0.2) is 24.3 Å². The van der Waals surface area contributed by atoms with Crippen LogP contribution >= 0.6 is 12.4 Å². The van der Waals surface area contributed by atoms with Gasteiger partial charge < -0.3 is 15.5 Å². The summed E-state index contributed by atoms with van der Waals surface area (Å²) in [4.78, 5) is 27.3. The average Bonchev–Trinajstić information content (AvgIpc) is 2.48. The maximum Gasteiger partial charge on any atom is 0.253 e. The van der Waals surface area contributed by atoms with Crippen molar-refractivity contribution in [2.75, 3.05) is 32.7 Å². The van der Waals surface area contributed by atoms with Crippen molar-refractivity contribution in [2.45, 2.75) is 6.42 Å². The lowest BCUT2D eigenvalue weighted by Crippen LogP contribution is -2.50. The van der Waals surface area contributed by atoms with Crippen molar-refractivity contribution >= 4 is 24.2 Å². The quantitative estimate of drug-likeness (QED) is 0.900. The van der Waals surface area contributed by atoms with Gasteiger partial charge in [0, 0.05) is 44.7 Å². The lowest BCUT2D eigenvalue weighted by Gasteiger charge is -2.34. The molecule has 0 saturated carbocycles. The molecule has 0 bridgehead atoms. The minimum absolute atomic E-state index is 0. The normalized spacial score (nSPS) is 14.6. The van der Waals surface area contributed by atoms with Gasteiger partial charge in [0.1, 0.15) is 5.82 Å². The molecule has 0 aromatic heterocycles. The van der Waals surface area contributed by atoms with Crippen LogP contribution in [0.2, 0.25) is 0 Å². The molecule has 21 heavy (non-hydrogen) atoms. The van der Waals surface area contributed by atoms with Gasteiger partial charge in [-0.2, -0.15) is 0 Å². The van der Waals surface area contributed by atoms with Crippen molar-refractivity contribution in [3.63, 3.8) is 0 Å². The van der Waals surface area contributed by atoms with Gasteiger partial charge in [-0.25, -0.2) is 4.39 Å². The highest BCUT2D eigenvalue weighted by Crippen LogP contribution is 2.10. The van der Waals surface area contributed by atoms with Gasteiger partial charge in [0.2, 0.25) is 5.91 Å². The van der Waals surface area contributed by atoms with Crippen LogP contribution in [0, 0.1) is 5.82 Å². The van der Waals surface area contributed by atoms with Crippen molar-refractivity contribution < 1.29 is 14.0 Å². The summed E-state index contributed by atoms with van der Waals surface area (Å²) in [6.45, 7) is 2.37. The van der Waals surface area contributed by atoms with Crippen molar-refractivity contribution in [1.82, 2.24) is 9.80 Å². The number of hydrogen-bond acceptors (Lipinski definition) is 3. The number of nitrogens with two attached hydrogens (primary N) is 1. The molecule has 1 aliphatic heterocycles. The molecule has 0 atom stereocenters. The van der Waals surface area contributed by atoms with Crippen molar-refractivity contribution in [2.24, 2.45) is 5.73 Å².